The summed E-state index contributed by atoms with van der Waals surface area (Å²) in [5, 5.41) is 6.67. The number of aromatic nitrogens is 1. The van der Waals surface area contributed by atoms with Crippen LogP contribution >= 0.6 is 11.3 Å². The summed E-state index contributed by atoms with van der Waals surface area (Å²) in [4.78, 5) is 4.66. The molecule has 0 spiro atoms. The average Bonchev–Trinajstić information content (AvgIpc) is 2.85. The van der Waals surface area contributed by atoms with Crippen molar-refractivity contribution in [1.29, 1.82) is 0 Å². The maximum Gasteiger partial charge on any atom is 0.123 e. The molecular formula is C17H23FN2S. The Balaban J connectivity index is 1.81. The summed E-state index contributed by atoms with van der Waals surface area (Å²) in [6.45, 7) is 10.1. The van der Waals surface area contributed by atoms with Crippen molar-refractivity contribution in [3.63, 3.8) is 0 Å². The fourth-order valence-electron chi connectivity index (χ4n) is 2.09. The lowest BCUT2D eigenvalue weighted by Crippen LogP contribution is -2.17. The number of nitrogens with one attached hydrogen (secondary N) is 1. The number of halogens is 1. The van der Waals surface area contributed by atoms with E-state index in [0.717, 1.165) is 35.8 Å². The normalized spacial score (nSPS) is 11.9. The fourth-order valence-corrected chi connectivity index (χ4v) is 3.09. The van der Waals surface area contributed by atoms with Gasteiger partial charge in [-0.2, -0.15) is 0 Å². The molecule has 0 aliphatic carbocycles. The van der Waals surface area contributed by atoms with Gasteiger partial charge in [-0.05, 0) is 43.1 Å². The molecule has 2 aromatic rings. The summed E-state index contributed by atoms with van der Waals surface area (Å²) in [7, 11) is 0. The lowest BCUT2D eigenvalue weighted by molar-refractivity contribution is 0.568. The van der Waals surface area contributed by atoms with Crippen LogP contribution in [0.2, 0.25) is 0 Å². The number of nitrogens with zero attached hydrogens (tertiary/aromatic N) is 1. The van der Waals surface area contributed by atoms with E-state index in [1.165, 1.54) is 11.6 Å². The lowest BCUT2D eigenvalue weighted by atomic mass is 9.93. The van der Waals surface area contributed by atoms with Crippen LogP contribution in [0.3, 0.4) is 0 Å². The Morgan fingerprint density at radius 1 is 1.29 bits per heavy atom. The molecule has 0 saturated heterocycles. The SMILES string of the molecule is Cc1cc(F)ccc1CCNCc1nc(C(C)(C)C)cs1. The van der Waals surface area contributed by atoms with Crippen LogP contribution in [0.15, 0.2) is 23.6 Å². The molecule has 4 heteroatoms. The van der Waals surface area contributed by atoms with E-state index in [-0.39, 0.29) is 11.2 Å². The molecule has 2 nitrogen and oxygen atoms in total. The molecule has 0 radical (unpaired) electrons. The number of benzene rings is 1. The van der Waals surface area contributed by atoms with Crippen LogP contribution in [-0.4, -0.2) is 11.5 Å². The van der Waals surface area contributed by atoms with Crippen molar-refractivity contribution in [3.05, 3.63) is 51.2 Å². The van der Waals surface area contributed by atoms with E-state index in [9.17, 15) is 4.39 Å². The predicted molar refractivity (Wildman–Crippen MR) is 87.4 cm³/mol. The quantitative estimate of drug-likeness (QED) is 0.837. The van der Waals surface area contributed by atoms with Gasteiger partial charge in [-0.1, -0.05) is 26.8 Å². The summed E-state index contributed by atoms with van der Waals surface area (Å²) in [6, 6.07) is 4.98. The van der Waals surface area contributed by atoms with Crippen LogP contribution in [0, 0.1) is 12.7 Å². The molecular weight excluding hydrogens is 283 g/mol. The van der Waals surface area contributed by atoms with E-state index in [1.54, 1.807) is 17.4 Å². The first-order valence-corrected chi connectivity index (χ1v) is 8.15. The molecule has 1 N–H and O–H groups in total. The second-order valence-corrected chi connectivity index (χ2v) is 7.32. The summed E-state index contributed by atoms with van der Waals surface area (Å²) in [6.07, 6.45) is 0.906. The molecule has 0 aliphatic rings. The molecule has 0 fully saturated rings. The highest BCUT2D eigenvalue weighted by Crippen LogP contribution is 2.23. The fraction of sp³-hybridized carbons (Fsp3) is 0.471. The van der Waals surface area contributed by atoms with E-state index in [0.29, 0.717) is 0 Å². The minimum Gasteiger partial charge on any atom is -0.310 e. The minimum absolute atomic E-state index is 0.111. The van der Waals surface area contributed by atoms with E-state index < -0.39 is 0 Å². The maximum atomic E-state index is 13.0. The van der Waals surface area contributed by atoms with E-state index in [2.05, 4.69) is 36.5 Å². The molecule has 0 saturated carbocycles. The molecule has 21 heavy (non-hydrogen) atoms. The molecule has 114 valence electrons. The van der Waals surface area contributed by atoms with Gasteiger partial charge in [-0.3, -0.25) is 0 Å². The highest BCUT2D eigenvalue weighted by Gasteiger charge is 2.17. The highest BCUT2D eigenvalue weighted by atomic mass is 32.1. The molecule has 0 aliphatic heterocycles. The molecule has 1 aromatic heterocycles. The maximum absolute atomic E-state index is 13.0. The van der Waals surface area contributed by atoms with Crippen LogP contribution in [0.1, 0.15) is 42.6 Å². The Kier molecular flexibility index (Phi) is 5.12. The molecule has 1 heterocycles. The first-order chi connectivity index (χ1) is 9.86. The molecule has 0 atom stereocenters. The van der Waals surface area contributed by atoms with Gasteiger partial charge in [0, 0.05) is 17.3 Å². The Labute approximate surface area is 130 Å². The zero-order valence-corrected chi connectivity index (χ0v) is 14.0. The Morgan fingerprint density at radius 3 is 2.67 bits per heavy atom. The lowest BCUT2D eigenvalue weighted by Gasteiger charge is -2.14. The monoisotopic (exact) mass is 306 g/mol. The van der Waals surface area contributed by atoms with Gasteiger partial charge in [0.05, 0.1) is 5.69 Å². The summed E-state index contributed by atoms with van der Waals surface area (Å²) in [5.41, 5.74) is 3.47. The second kappa shape index (κ2) is 6.67. The predicted octanol–water partition coefficient (Wildman–Crippen LogP) is 4.22. The Morgan fingerprint density at radius 2 is 2.05 bits per heavy atom. The number of thiazole rings is 1. The zero-order valence-electron chi connectivity index (χ0n) is 13.2. The number of rotatable bonds is 5. The van der Waals surface area contributed by atoms with Crippen LogP contribution in [0.25, 0.3) is 0 Å². The van der Waals surface area contributed by atoms with E-state index in [4.69, 9.17) is 0 Å². The van der Waals surface area contributed by atoms with Crippen molar-refractivity contribution < 1.29 is 4.39 Å². The first kappa shape index (κ1) is 16.1. The highest BCUT2D eigenvalue weighted by molar-refractivity contribution is 7.09. The number of aryl methyl sites for hydroxylation is 1. The third-order valence-corrected chi connectivity index (χ3v) is 4.32. The van der Waals surface area contributed by atoms with Gasteiger partial charge in [0.2, 0.25) is 0 Å². The first-order valence-electron chi connectivity index (χ1n) is 7.27. The number of hydrogen-bond acceptors (Lipinski definition) is 3. The molecule has 0 unspecified atom stereocenters. The van der Waals surface area contributed by atoms with E-state index in [1.807, 2.05) is 13.0 Å². The summed E-state index contributed by atoms with van der Waals surface area (Å²) >= 11 is 1.70. The summed E-state index contributed by atoms with van der Waals surface area (Å²) in [5.74, 6) is -0.165. The third-order valence-electron chi connectivity index (χ3n) is 3.47. The van der Waals surface area contributed by atoms with Crippen molar-refractivity contribution >= 4 is 11.3 Å². The van der Waals surface area contributed by atoms with Crippen LogP contribution in [-0.2, 0) is 18.4 Å². The minimum atomic E-state index is -0.165. The molecule has 2 rings (SSSR count). The summed E-state index contributed by atoms with van der Waals surface area (Å²) < 4.78 is 13.0. The van der Waals surface area contributed by atoms with Crippen molar-refractivity contribution in [3.8, 4) is 0 Å². The molecule has 0 bridgehead atoms. The van der Waals surface area contributed by atoms with Gasteiger partial charge < -0.3 is 5.32 Å². The topological polar surface area (TPSA) is 24.9 Å². The van der Waals surface area contributed by atoms with Gasteiger partial charge in [0.1, 0.15) is 10.8 Å². The van der Waals surface area contributed by atoms with E-state index >= 15 is 0 Å². The van der Waals surface area contributed by atoms with Crippen molar-refractivity contribution in [1.82, 2.24) is 10.3 Å². The Bertz CT molecular complexity index is 599. The molecule has 0 amide bonds. The van der Waals surface area contributed by atoms with Crippen LogP contribution < -0.4 is 5.32 Å². The van der Waals surface area contributed by atoms with Gasteiger partial charge in [0.25, 0.3) is 0 Å². The largest absolute Gasteiger partial charge is 0.310 e. The smallest absolute Gasteiger partial charge is 0.123 e. The van der Waals surface area contributed by atoms with Crippen LogP contribution in [0.4, 0.5) is 4.39 Å². The zero-order chi connectivity index (χ0) is 15.5. The standard InChI is InChI=1S/C17H23FN2S/c1-12-9-14(18)6-5-13(12)7-8-19-10-16-20-15(11-21-16)17(2,3)4/h5-6,9,11,19H,7-8,10H2,1-4H3. The average molecular weight is 306 g/mol. The number of hydrogen-bond donors (Lipinski definition) is 1. The van der Waals surface area contributed by atoms with Crippen molar-refractivity contribution in [2.24, 2.45) is 0 Å². The van der Waals surface area contributed by atoms with Gasteiger partial charge >= 0.3 is 0 Å². The Hall–Kier alpha value is -1.26. The van der Waals surface area contributed by atoms with Crippen molar-refractivity contribution in [2.75, 3.05) is 6.54 Å². The van der Waals surface area contributed by atoms with Gasteiger partial charge in [-0.25, -0.2) is 9.37 Å². The molecule has 1 aromatic carbocycles. The van der Waals surface area contributed by atoms with Crippen molar-refractivity contribution in [2.45, 2.75) is 46.1 Å². The van der Waals surface area contributed by atoms with Gasteiger partial charge in [-0.15, -0.1) is 11.3 Å². The van der Waals surface area contributed by atoms with Gasteiger partial charge in [0.15, 0.2) is 0 Å². The third kappa shape index (κ3) is 4.61. The van der Waals surface area contributed by atoms with Crippen LogP contribution in [0.5, 0.6) is 0 Å². The second-order valence-electron chi connectivity index (χ2n) is 6.37.